The minimum absolute atomic E-state index is 0.0875. The smallest absolute Gasteiger partial charge is 0.295 e. The van der Waals surface area contributed by atoms with E-state index in [-0.39, 0.29) is 22.6 Å². The zero-order valence-electron chi connectivity index (χ0n) is 14.9. The summed E-state index contributed by atoms with van der Waals surface area (Å²) in [7, 11) is 0. The minimum atomic E-state index is -1.10. The average Bonchev–Trinajstić information content (AvgIpc) is 3.43. The molecule has 0 fully saturated rings. The van der Waals surface area contributed by atoms with Crippen molar-refractivity contribution in [2.24, 2.45) is 0 Å². The molecule has 0 saturated heterocycles. The second-order valence-corrected chi connectivity index (χ2v) is 7.24. The molecule has 3 heterocycles. The molecule has 1 aliphatic rings. The Morgan fingerprint density at radius 2 is 2.10 bits per heavy atom. The van der Waals surface area contributed by atoms with Gasteiger partial charge in [0.05, 0.1) is 21.4 Å². The van der Waals surface area contributed by atoms with Gasteiger partial charge in [0.15, 0.2) is 11.6 Å². The maximum Gasteiger partial charge on any atom is 0.295 e. The van der Waals surface area contributed by atoms with E-state index in [1.54, 1.807) is 30.5 Å². The van der Waals surface area contributed by atoms with Crippen LogP contribution >= 0.6 is 11.3 Å². The van der Waals surface area contributed by atoms with Crippen LogP contribution in [0.15, 0.2) is 63.7 Å². The lowest BCUT2D eigenvalue weighted by molar-refractivity contribution is -0.384. The molecule has 0 spiro atoms. The van der Waals surface area contributed by atoms with Gasteiger partial charge in [-0.25, -0.2) is 0 Å². The number of rotatable bonds is 5. The third-order valence-corrected chi connectivity index (χ3v) is 5.33. The van der Waals surface area contributed by atoms with Crippen molar-refractivity contribution >= 4 is 34.5 Å². The second kappa shape index (κ2) is 6.99. The molecule has 2 aromatic heterocycles. The van der Waals surface area contributed by atoms with Gasteiger partial charge in [0, 0.05) is 18.2 Å². The molecular weight excluding hydrogens is 398 g/mol. The van der Waals surface area contributed by atoms with Crippen LogP contribution in [0.5, 0.6) is 0 Å². The van der Waals surface area contributed by atoms with Crippen molar-refractivity contribution in [3.05, 3.63) is 85.5 Å². The number of aromatic nitrogens is 1. The Morgan fingerprint density at radius 3 is 2.72 bits per heavy atom. The van der Waals surface area contributed by atoms with Gasteiger partial charge in [-0.3, -0.25) is 24.6 Å². The summed E-state index contributed by atoms with van der Waals surface area (Å²) in [6.07, 6.45) is 0. The third-order valence-electron chi connectivity index (χ3n) is 4.46. The summed E-state index contributed by atoms with van der Waals surface area (Å²) in [6, 6.07) is 9.19. The van der Waals surface area contributed by atoms with Crippen LogP contribution in [0.25, 0.3) is 0 Å². The third kappa shape index (κ3) is 3.09. The molecule has 1 aliphatic heterocycles. The van der Waals surface area contributed by atoms with Gasteiger partial charge in [-0.05, 0) is 23.9 Å². The topological polar surface area (TPSA) is 127 Å². The molecule has 0 saturated carbocycles. The van der Waals surface area contributed by atoms with E-state index >= 15 is 0 Å². The van der Waals surface area contributed by atoms with E-state index in [0.29, 0.717) is 10.6 Å². The fraction of sp³-hybridized carbons (Fsp3) is 0.105. The number of Topliss-reactive ketones (excluding diaryl/α,β-unsaturated/α-hetero) is 1. The molecule has 9 nitrogen and oxygen atoms in total. The molecule has 1 aromatic carbocycles. The number of nitro benzene ring substituents is 1. The largest absolute Gasteiger partial charge is 0.503 e. The van der Waals surface area contributed by atoms with Crippen LogP contribution in [-0.4, -0.2) is 26.9 Å². The second-order valence-electron chi connectivity index (χ2n) is 6.29. The van der Waals surface area contributed by atoms with Crippen LogP contribution in [0.1, 0.15) is 27.0 Å². The number of carbonyl (C=O) groups is 2. The molecular formula is C19H13N3O6S. The van der Waals surface area contributed by atoms with E-state index < -0.39 is 28.4 Å². The number of hydrogen-bond donors (Lipinski definition) is 1. The minimum Gasteiger partial charge on any atom is -0.503 e. The Morgan fingerprint density at radius 1 is 1.31 bits per heavy atom. The number of amides is 1. The summed E-state index contributed by atoms with van der Waals surface area (Å²) in [4.78, 5) is 38.0. The quantitative estimate of drug-likeness (QED) is 0.385. The Bertz CT molecular complexity index is 1160. The highest BCUT2D eigenvalue weighted by atomic mass is 32.1. The Kier molecular flexibility index (Phi) is 4.47. The molecule has 1 N–H and O–H groups in total. The zero-order chi connectivity index (χ0) is 20.7. The van der Waals surface area contributed by atoms with Crippen molar-refractivity contribution < 1.29 is 24.1 Å². The lowest BCUT2D eigenvalue weighted by Gasteiger charge is -2.24. The predicted molar refractivity (Wildman–Crippen MR) is 103 cm³/mol. The van der Waals surface area contributed by atoms with E-state index in [1.165, 1.54) is 24.3 Å². The first-order valence-electron chi connectivity index (χ1n) is 8.41. The molecule has 0 bridgehead atoms. The highest BCUT2D eigenvalue weighted by Crippen LogP contribution is 2.42. The molecule has 1 amide bonds. The van der Waals surface area contributed by atoms with Crippen LogP contribution in [0.3, 0.4) is 0 Å². The number of anilines is 1. The van der Waals surface area contributed by atoms with Crippen LogP contribution in [-0.2, 0) is 4.79 Å². The fourth-order valence-electron chi connectivity index (χ4n) is 3.20. The van der Waals surface area contributed by atoms with Gasteiger partial charge >= 0.3 is 0 Å². The lowest BCUT2D eigenvalue weighted by Crippen LogP contribution is -2.31. The number of ketones is 1. The number of thiophene rings is 1. The molecule has 29 heavy (non-hydrogen) atoms. The number of non-ortho nitro benzene ring substituents is 1. The van der Waals surface area contributed by atoms with Gasteiger partial charge < -0.3 is 9.63 Å². The molecule has 3 aromatic rings. The van der Waals surface area contributed by atoms with Crippen LogP contribution < -0.4 is 4.90 Å². The first-order chi connectivity index (χ1) is 13.9. The van der Waals surface area contributed by atoms with Gasteiger partial charge in [-0.15, -0.1) is 11.3 Å². The standard InChI is InChI=1S/C19H13N3O6S/c1-10-8-14(20-28-10)21-16(11-4-2-5-12(9-11)22(26)27)15(18(24)19(21)25)17(23)13-6-3-7-29-13/h2-9,16,24H,1H3. The summed E-state index contributed by atoms with van der Waals surface area (Å²) in [5.74, 6) is -1.59. The summed E-state index contributed by atoms with van der Waals surface area (Å²) < 4.78 is 5.04. The molecule has 0 radical (unpaired) electrons. The number of nitrogens with zero attached hydrogens (tertiary/aromatic N) is 3. The molecule has 0 aliphatic carbocycles. The SMILES string of the molecule is Cc1cc(N2C(=O)C(O)=C(C(=O)c3cccs3)C2c2cccc([N+](=O)[O-])c2)no1. The lowest BCUT2D eigenvalue weighted by atomic mass is 9.95. The van der Waals surface area contributed by atoms with Gasteiger partial charge in [0.25, 0.3) is 11.6 Å². The molecule has 4 rings (SSSR count). The molecule has 10 heteroatoms. The van der Waals surface area contributed by atoms with Gasteiger partial charge in [0.2, 0.25) is 5.78 Å². The van der Waals surface area contributed by atoms with Gasteiger partial charge in [-0.2, -0.15) is 0 Å². The highest BCUT2D eigenvalue weighted by Gasteiger charge is 2.46. The van der Waals surface area contributed by atoms with Crippen molar-refractivity contribution in [1.82, 2.24) is 5.16 Å². The number of hydrogen-bond acceptors (Lipinski definition) is 8. The Balaban J connectivity index is 1.90. The van der Waals surface area contributed by atoms with Crippen molar-refractivity contribution in [3.8, 4) is 0 Å². The summed E-state index contributed by atoms with van der Waals surface area (Å²) in [5.41, 5.74) is -0.0868. The van der Waals surface area contributed by atoms with Gasteiger partial charge in [0.1, 0.15) is 5.76 Å². The predicted octanol–water partition coefficient (Wildman–Crippen LogP) is 3.74. The van der Waals surface area contributed by atoms with Crippen molar-refractivity contribution in [2.45, 2.75) is 13.0 Å². The van der Waals surface area contributed by atoms with E-state index in [1.807, 2.05) is 0 Å². The number of benzene rings is 1. The van der Waals surface area contributed by atoms with Crippen LogP contribution in [0, 0.1) is 17.0 Å². The molecule has 1 unspecified atom stereocenters. The van der Waals surface area contributed by atoms with Crippen LogP contribution in [0.4, 0.5) is 11.5 Å². The Labute approximate surface area is 167 Å². The van der Waals surface area contributed by atoms with Crippen molar-refractivity contribution in [3.63, 3.8) is 0 Å². The zero-order valence-corrected chi connectivity index (χ0v) is 15.8. The number of aryl methyl sites for hydroxylation is 1. The fourth-order valence-corrected chi connectivity index (χ4v) is 3.88. The maximum atomic E-state index is 13.1. The first-order valence-corrected chi connectivity index (χ1v) is 9.29. The van der Waals surface area contributed by atoms with Crippen molar-refractivity contribution in [2.75, 3.05) is 4.90 Å². The highest BCUT2D eigenvalue weighted by molar-refractivity contribution is 7.12. The van der Waals surface area contributed by atoms with E-state index in [2.05, 4.69) is 5.16 Å². The normalized spacial score (nSPS) is 16.5. The number of aliphatic hydroxyl groups excluding tert-OH is 1. The van der Waals surface area contributed by atoms with E-state index in [0.717, 1.165) is 16.2 Å². The number of aliphatic hydroxyl groups is 1. The summed E-state index contributed by atoms with van der Waals surface area (Å²) >= 11 is 1.16. The Hall–Kier alpha value is -3.79. The van der Waals surface area contributed by atoms with Gasteiger partial charge in [-0.1, -0.05) is 23.4 Å². The molecule has 146 valence electrons. The molecule has 1 atom stereocenters. The summed E-state index contributed by atoms with van der Waals surface area (Å²) in [6.45, 7) is 1.63. The number of carbonyl (C=O) groups excluding carboxylic acids is 2. The van der Waals surface area contributed by atoms with E-state index in [9.17, 15) is 24.8 Å². The van der Waals surface area contributed by atoms with Crippen LogP contribution in [0.2, 0.25) is 0 Å². The first kappa shape index (κ1) is 18.6. The number of nitro groups is 1. The maximum absolute atomic E-state index is 13.1. The van der Waals surface area contributed by atoms with E-state index in [4.69, 9.17) is 4.52 Å². The summed E-state index contributed by atoms with van der Waals surface area (Å²) in [5, 5.41) is 27.3. The average molecular weight is 411 g/mol. The van der Waals surface area contributed by atoms with Crippen molar-refractivity contribution in [1.29, 1.82) is 0 Å². The monoisotopic (exact) mass is 411 g/mol.